The molecule has 0 amide bonds. The highest BCUT2D eigenvalue weighted by Gasteiger charge is 2.53. The van der Waals surface area contributed by atoms with Crippen molar-refractivity contribution in [2.24, 2.45) is 5.73 Å². The summed E-state index contributed by atoms with van der Waals surface area (Å²) in [5, 5.41) is 2.54. The van der Waals surface area contributed by atoms with Crippen LogP contribution >= 0.6 is 7.26 Å². The van der Waals surface area contributed by atoms with Gasteiger partial charge in [0.15, 0.2) is 0 Å². The lowest BCUT2D eigenvalue weighted by Gasteiger charge is -2.47. The topological polar surface area (TPSA) is 41.3 Å². The Morgan fingerprint density at radius 1 is 1.39 bits per heavy atom. The molecule has 0 aromatic rings. The van der Waals surface area contributed by atoms with E-state index in [9.17, 15) is 0 Å². The van der Waals surface area contributed by atoms with Gasteiger partial charge in [0.05, 0.1) is 19.0 Å². The molecule has 3 nitrogen and oxygen atoms in total. The van der Waals surface area contributed by atoms with Gasteiger partial charge in [-0.15, -0.1) is 0 Å². The van der Waals surface area contributed by atoms with Gasteiger partial charge in [0.1, 0.15) is 5.78 Å². The van der Waals surface area contributed by atoms with E-state index < -0.39 is 7.26 Å². The molecule has 4 unspecified atom stereocenters. The Morgan fingerprint density at radius 3 is 2.44 bits per heavy atom. The van der Waals surface area contributed by atoms with Crippen LogP contribution in [-0.4, -0.2) is 48.9 Å². The van der Waals surface area contributed by atoms with Gasteiger partial charge in [0.2, 0.25) is 0 Å². The van der Waals surface area contributed by atoms with Crippen LogP contribution in [0.4, 0.5) is 0 Å². The molecule has 3 N–H and O–H groups in total. The van der Waals surface area contributed by atoms with Gasteiger partial charge in [-0.05, 0) is 40.2 Å². The van der Waals surface area contributed by atoms with Crippen LogP contribution in [0, 0.1) is 0 Å². The summed E-state index contributed by atoms with van der Waals surface area (Å²) in [6.45, 7) is 9.33. The largest absolute Gasteiger partial charge is 0.328 e. The lowest BCUT2D eigenvalue weighted by Crippen LogP contribution is -2.54. The molecule has 4 atom stereocenters. The molecule has 0 radical (unpaired) electrons. The summed E-state index contributed by atoms with van der Waals surface area (Å²) in [7, 11) is 1.39. The molecule has 108 valence electrons. The molecular formula is C14H33N3P+. The van der Waals surface area contributed by atoms with Crippen molar-refractivity contribution in [1.82, 2.24) is 10.4 Å². The van der Waals surface area contributed by atoms with Crippen molar-refractivity contribution in [1.29, 1.82) is 0 Å². The molecule has 1 aliphatic heterocycles. The lowest BCUT2D eigenvalue weighted by molar-refractivity contribution is 0.110. The molecule has 1 rings (SSSR count). The van der Waals surface area contributed by atoms with E-state index in [-0.39, 0.29) is 0 Å². The first-order valence-electron chi connectivity index (χ1n) is 7.50. The standard InChI is InChI=1S/C14H33N3P/c1-6-10-18(5)11-9-14(18)17(16-4)13(3)8-7-12(2)15/h12-14,16H,6-11,15H2,1-5H3/q+1. The SMILES string of the molecule is CCC[P+]1(C)CCC1N(NC)C(C)CCC(C)N. The third-order valence-electron chi connectivity index (χ3n) is 4.45. The molecular weight excluding hydrogens is 241 g/mol. The maximum Gasteiger partial charge on any atom is 0.137 e. The van der Waals surface area contributed by atoms with E-state index in [0.29, 0.717) is 12.1 Å². The molecule has 18 heavy (non-hydrogen) atoms. The van der Waals surface area contributed by atoms with Gasteiger partial charge < -0.3 is 5.73 Å². The summed E-state index contributed by atoms with van der Waals surface area (Å²) in [4.78, 5) is 0. The average molecular weight is 274 g/mol. The zero-order chi connectivity index (χ0) is 13.8. The van der Waals surface area contributed by atoms with Crippen molar-refractivity contribution in [2.45, 2.75) is 64.3 Å². The number of hydrazine groups is 1. The van der Waals surface area contributed by atoms with Gasteiger partial charge in [-0.2, -0.15) is 0 Å². The molecule has 0 spiro atoms. The summed E-state index contributed by atoms with van der Waals surface area (Å²) in [5.41, 5.74) is 9.34. The van der Waals surface area contributed by atoms with Crippen molar-refractivity contribution in [2.75, 3.05) is 26.0 Å². The fraction of sp³-hybridized carbons (Fsp3) is 1.00. The van der Waals surface area contributed by atoms with E-state index in [1.807, 2.05) is 0 Å². The van der Waals surface area contributed by atoms with Crippen molar-refractivity contribution in [3.05, 3.63) is 0 Å². The highest BCUT2D eigenvalue weighted by molar-refractivity contribution is 7.77. The molecule has 0 aromatic heterocycles. The molecule has 1 fully saturated rings. The van der Waals surface area contributed by atoms with Gasteiger partial charge >= 0.3 is 0 Å². The molecule has 0 bridgehead atoms. The second-order valence-corrected chi connectivity index (χ2v) is 10.7. The zero-order valence-corrected chi connectivity index (χ0v) is 13.8. The van der Waals surface area contributed by atoms with Gasteiger partial charge in [-0.1, -0.05) is 6.92 Å². The molecule has 0 aliphatic carbocycles. The van der Waals surface area contributed by atoms with E-state index in [1.165, 1.54) is 31.6 Å². The number of hydrogen-bond donors (Lipinski definition) is 2. The van der Waals surface area contributed by atoms with Crippen LogP contribution in [-0.2, 0) is 0 Å². The van der Waals surface area contributed by atoms with Crippen LogP contribution in [0.25, 0.3) is 0 Å². The quantitative estimate of drug-likeness (QED) is 0.528. The Morgan fingerprint density at radius 2 is 2.06 bits per heavy atom. The Hall–Kier alpha value is 0.310. The fourth-order valence-electron chi connectivity index (χ4n) is 3.20. The van der Waals surface area contributed by atoms with E-state index in [2.05, 4.69) is 44.9 Å². The van der Waals surface area contributed by atoms with Crippen LogP contribution in [0.5, 0.6) is 0 Å². The Kier molecular flexibility index (Phi) is 6.54. The van der Waals surface area contributed by atoms with Crippen LogP contribution in [0.15, 0.2) is 0 Å². The highest BCUT2D eigenvalue weighted by atomic mass is 31.2. The summed E-state index contributed by atoms with van der Waals surface area (Å²) in [6, 6.07) is 0.923. The van der Waals surface area contributed by atoms with Gasteiger partial charge in [-0.25, -0.2) is 5.01 Å². The Balaban J connectivity index is 2.55. The maximum atomic E-state index is 5.87. The first-order chi connectivity index (χ1) is 8.44. The number of rotatable bonds is 8. The second kappa shape index (κ2) is 7.19. The van der Waals surface area contributed by atoms with Crippen molar-refractivity contribution in [3.63, 3.8) is 0 Å². The van der Waals surface area contributed by atoms with Crippen LogP contribution < -0.4 is 11.2 Å². The van der Waals surface area contributed by atoms with E-state index in [1.54, 1.807) is 0 Å². The van der Waals surface area contributed by atoms with Crippen LogP contribution in [0.3, 0.4) is 0 Å². The number of nitrogens with one attached hydrogen (secondary N) is 1. The normalized spacial score (nSPS) is 31.2. The monoisotopic (exact) mass is 274 g/mol. The molecule has 0 aromatic carbocycles. The van der Waals surface area contributed by atoms with E-state index in [0.717, 1.165) is 12.2 Å². The van der Waals surface area contributed by atoms with Crippen LogP contribution in [0.1, 0.15) is 46.5 Å². The predicted octanol–water partition coefficient (Wildman–Crippen LogP) is 2.73. The highest BCUT2D eigenvalue weighted by Crippen LogP contribution is 2.70. The van der Waals surface area contributed by atoms with Crippen molar-refractivity contribution < 1.29 is 0 Å². The minimum atomic E-state index is -0.695. The maximum absolute atomic E-state index is 5.87. The third-order valence-corrected chi connectivity index (χ3v) is 9.14. The van der Waals surface area contributed by atoms with Gasteiger partial charge in [0.25, 0.3) is 0 Å². The second-order valence-electron chi connectivity index (χ2n) is 6.23. The molecule has 1 heterocycles. The molecule has 4 heteroatoms. The summed E-state index contributed by atoms with van der Waals surface area (Å²) >= 11 is 0. The van der Waals surface area contributed by atoms with Crippen LogP contribution in [0.2, 0.25) is 0 Å². The van der Waals surface area contributed by atoms with Crippen molar-refractivity contribution in [3.8, 4) is 0 Å². The van der Waals surface area contributed by atoms with E-state index in [4.69, 9.17) is 5.73 Å². The van der Waals surface area contributed by atoms with Gasteiger partial charge in [-0.3, -0.25) is 5.43 Å². The molecule has 1 aliphatic rings. The number of nitrogens with zero attached hydrogens (tertiary/aromatic N) is 1. The molecule has 1 saturated heterocycles. The minimum absolute atomic E-state index is 0.323. The summed E-state index contributed by atoms with van der Waals surface area (Å²) in [5.74, 6) is 0.811. The minimum Gasteiger partial charge on any atom is -0.328 e. The van der Waals surface area contributed by atoms with Gasteiger partial charge in [0, 0.05) is 25.8 Å². The summed E-state index contributed by atoms with van der Waals surface area (Å²) in [6.07, 6.45) is 7.98. The number of nitrogens with two attached hydrogens (primary N) is 1. The molecule has 0 saturated carbocycles. The zero-order valence-electron chi connectivity index (χ0n) is 12.9. The van der Waals surface area contributed by atoms with Crippen molar-refractivity contribution >= 4 is 7.26 Å². The smallest absolute Gasteiger partial charge is 0.137 e. The third kappa shape index (κ3) is 3.90. The first-order valence-corrected chi connectivity index (χ1v) is 10.2. The fourth-order valence-corrected chi connectivity index (χ4v) is 7.06. The lowest BCUT2D eigenvalue weighted by atomic mass is 10.1. The Bertz CT molecular complexity index is 247. The number of hydrogen-bond acceptors (Lipinski definition) is 3. The first kappa shape index (κ1) is 16.4. The van der Waals surface area contributed by atoms with E-state index >= 15 is 0 Å². The Labute approximate surface area is 114 Å². The predicted molar refractivity (Wildman–Crippen MR) is 84.5 cm³/mol. The summed E-state index contributed by atoms with van der Waals surface area (Å²) < 4.78 is 0. The average Bonchev–Trinajstić information content (AvgIpc) is 2.31.